The molecule has 8 nitrogen and oxygen atoms in total. The second kappa shape index (κ2) is 8.64. The Labute approximate surface area is 190 Å². The van der Waals surface area contributed by atoms with Gasteiger partial charge in [-0.2, -0.15) is 0 Å². The van der Waals surface area contributed by atoms with Gasteiger partial charge in [0, 0.05) is 12.1 Å². The molecule has 6 N–H and O–H groups in total. The number of hydrogen-bond donors (Lipinski definition) is 4. The van der Waals surface area contributed by atoms with Crippen LogP contribution in [-0.4, -0.2) is 18.6 Å². The summed E-state index contributed by atoms with van der Waals surface area (Å²) in [5.74, 6) is 0.458. The van der Waals surface area contributed by atoms with Gasteiger partial charge in [0.05, 0.1) is 11.4 Å². The van der Waals surface area contributed by atoms with Gasteiger partial charge in [0.25, 0.3) is 0 Å². The maximum absolute atomic E-state index is 13.6. The molecule has 9 heteroatoms. The molecule has 0 amide bonds. The molecule has 0 aromatic heterocycles. The zero-order chi connectivity index (χ0) is 23.6. The van der Waals surface area contributed by atoms with E-state index in [-0.39, 0.29) is 55.7 Å². The second-order valence-corrected chi connectivity index (χ2v) is 8.93. The Balaban J connectivity index is 1.74. The van der Waals surface area contributed by atoms with E-state index >= 15 is 0 Å². The predicted molar refractivity (Wildman–Crippen MR) is 124 cm³/mol. The number of aromatic hydroxyl groups is 2. The molecule has 4 aromatic carbocycles. The molecule has 0 heterocycles. The summed E-state index contributed by atoms with van der Waals surface area (Å²) in [5.41, 5.74) is 11.6. The highest BCUT2D eigenvalue weighted by Crippen LogP contribution is 2.39. The van der Waals surface area contributed by atoms with E-state index in [1.165, 1.54) is 60.7 Å². The van der Waals surface area contributed by atoms with Gasteiger partial charge in [0.1, 0.15) is 44.3 Å². The van der Waals surface area contributed by atoms with Crippen LogP contribution in [0.3, 0.4) is 0 Å². The van der Waals surface area contributed by atoms with Crippen molar-refractivity contribution < 1.29 is 28.1 Å². The smallest absolute Gasteiger partial charge is 0.213 e. The molecule has 0 unspecified atom stereocenters. The maximum atomic E-state index is 13.6. The van der Waals surface area contributed by atoms with Crippen LogP contribution >= 0.6 is 0 Å². The van der Waals surface area contributed by atoms with E-state index in [1.54, 1.807) is 24.3 Å². The Morgan fingerprint density at radius 1 is 0.606 bits per heavy atom. The highest BCUT2D eigenvalue weighted by atomic mass is 32.2. The number of rotatable bonds is 6. The molecule has 0 fully saturated rings. The fraction of sp³-hybridized carbons (Fsp3) is 0. The molecule has 0 bridgehead atoms. The van der Waals surface area contributed by atoms with Crippen molar-refractivity contribution in [2.24, 2.45) is 0 Å². The highest BCUT2D eigenvalue weighted by molar-refractivity contribution is 7.91. The number of phenols is 2. The molecule has 0 aliphatic heterocycles. The van der Waals surface area contributed by atoms with Crippen LogP contribution in [-0.2, 0) is 9.84 Å². The van der Waals surface area contributed by atoms with Crippen molar-refractivity contribution in [3.8, 4) is 34.5 Å². The third kappa shape index (κ3) is 4.48. The molecular formula is C24H20N2O6S. The molecule has 33 heavy (non-hydrogen) atoms. The van der Waals surface area contributed by atoms with E-state index in [4.69, 9.17) is 20.9 Å². The third-order valence-electron chi connectivity index (χ3n) is 4.73. The summed E-state index contributed by atoms with van der Waals surface area (Å²) in [6.45, 7) is 0. The van der Waals surface area contributed by atoms with Crippen LogP contribution in [0, 0.1) is 0 Å². The Bertz CT molecular complexity index is 1330. The minimum absolute atomic E-state index is 0.0753. The summed E-state index contributed by atoms with van der Waals surface area (Å²) in [4.78, 5) is -0.171. The van der Waals surface area contributed by atoms with Gasteiger partial charge in [0.2, 0.25) is 9.84 Å². The number of sulfone groups is 1. The van der Waals surface area contributed by atoms with E-state index in [2.05, 4.69) is 0 Å². The van der Waals surface area contributed by atoms with E-state index in [9.17, 15) is 18.6 Å². The highest BCUT2D eigenvalue weighted by Gasteiger charge is 2.26. The lowest BCUT2D eigenvalue weighted by molar-refractivity contribution is 0.454. The predicted octanol–water partition coefficient (Wildman–Crippen LogP) is 4.68. The number of hydrogen-bond acceptors (Lipinski definition) is 8. The van der Waals surface area contributed by atoms with Gasteiger partial charge >= 0.3 is 0 Å². The van der Waals surface area contributed by atoms with Crippen LogP contribution in [0.1, 0.15) is 0 Å². The first-order chi connectivity index (χ1) is 15.8. The van der Waals surface area contributed by atoms with E-state index < -0.39 is 9.84 Å². The maximum Gasteiger partial charge on any atom is 0.213 e. The molecule has 0 aliphatic carbocycles. The Morgan fingerprint density at radius 3 is 1.39 bits per heavy atom. The van der Waals surface area contributed by atoms with Crippen LogP contribution in [0.25, 0.3) is 0 Å². The summed E-state index contributed by atoms with van der Waals surface area (Å²) in [6.07, 6.45) is 0. The number of benzene rings is 4. The first-order valence-electron chi connectivity index (χ1n) is 9.71. The average Bonchev–Trinajstić information content (AvgIpc) is 2.79. The van der Waals surface area contributed by atoms with Crippen LogP contribution < -0.4 is 20.9 Å². The SMILES string of the molecule is Nc1cc(Oc2ccccc2S(=O)(=O)c2ccccc2Oc2ccc(O)c(N)c2)ccc1O. The summed E-state index contributed by atoms with van der Waals surface area (Å²) in [5, 5.41) is 19.2. The molecule has 168 valence electrons. The average molecular weight is 464 g/mol. The molecule has 4 aromatic rings. The van der Waals surface area contributed by atoms with Gasteiger partial charge in [-0.15, -0.1) is 0 Å². The first kappa shape index (κ1) is 21.8. The zero-order valence-electron chi connectivity index (χ0n) is 17.2. The molecule has 4 rings (SSSR count). The summed E-state index contributed by atoms with van der Waals surface area (Å²) in [7, 11) is -4.09. The lowest BCUT2D eigenvalue weighted by Crippen LogP contribution is -2.06. The number of ether oxygens (including phenoxy) is 2. The van der Waals surface area contributed by atoms with Crippen molar-refractivity contribution in [3.05, 3.63) is 84.9 Å². The molecule has 0 spiro atoms. The monoisotopic (exact) mass is 464 g/mol. The van der Waals surface area contributed by atoms with Gasteiger partial charge in [-0.3, -0.25) is 0 Å². The molecule has 0 saturated carbocycles. The molecule has 0 aliphatic rings. The Kier molecular flexibility index (Phi) is 5.72. The van der Waals surface area contributed by atoms with Gasteiger partial charge in [-0.1, -0.05) is 24.3 Å². The van der Waals surface area contributed by atoms with E-state index in [1.807, 2.05) is 0 Å². The van der Waals surface area contributed by atoms with Crippen molar-refractivity contribution in [1.82, 2.24) is 0 Å². The first-order valence-corrected chi connectivity index (χ1v) is 11.2. The Hall–Kier alpha value is -4.37. The van der Waals surface area contributed by atoms with Crippen LogP contribution in [0.4, 0.5) is 11.4 Å². The topological polar surface area (TPSA) is 145 Å². The van der Waals surface area contributed by atoms with Crippen molar-refractivity contribution >= 4 is 21.2 Å². The second-order valence-electron chi connectivity index (χ2n) is 7.04. The van der Waals surface area contributed by atoms with Gasteiger partial charge in [-0.05, 0) is 48.5 Å². The lowest BCUT2D eigenvalue weighted by atomic mass is 10.3. The summed E-state index contributed by atoms with van der Waals surface area (Å²) < 4.78 is 38.8. The molecule has 0 atom stereocenters. The van der Waals surface area contributed by atoms with Gasteiger partial charge < -0.3 is 31.2 Å². The standard InChI is InChI=1S/C24H20N2O6S/c25-17-13-15(9-11-19(17)27)31-21-5-1-3-7-23(21)33(29,30)24-8-4-2-6-22(24)32-16-10-12-20(28)18(26)14-16/h1-14,27-28H,25-26H2. The number of anilines is 2. The summed E-state index contributed by atoms with van der Waals surface area (Å²) in [6, 6.07) is 20.7. The zero-order valence-corrected chi connectivity index (χ0v) is 18.0. The number of phenolic OH excluding ortho intramolecular Hbond substituents is 2. The summed E-state index contributed by atoms with van der Waals surface area (Å²) >= 11 is 0. The van der Waals surface area contributed by atoms with Crippen molar-refractivity contribution in [2.75, 3.05) is 11.5 Å². The molecular weight excluding hydrogens is 444 g/mol. The van der Waals surface area contributed by atoms with Crippen LogP contribution in [0.5, 0.6) is 34.5 Å². The van der Waals surface area contributed by atoms with Crippen molar-refractivity contribution in [1.29, 1.82) is 0 Å². The van der Waals surface area contributed by atoms with Crippen LogP contribution in [0.2, 0.25) is 0 Å². The quantitative estimate of drug-likeness (QED) is 0.238. The van der Waals surface area contributed by atoms with E-state index in [0.717, 1.165) is 0 Å². The minimum atomic E-state index is -4.09. The van der Waals surface area contributed by atoms with Gasteiger partial charge in [0.15, 0.2) is 0 Å². The largest absolute Gasteiger partial charge is 0.506 e. The molecule has 0 saturated heterocycles. The van der Waals surface area contributed by atoms with Crippen LogP contribution in [0.15, 0.2) is 94.7 Å². The molecule has 0 radical (unpaired) electrons. The number of para-hydroxylation sites is 2. The fourth-order valence-electron chi connectivity index (χ4n) is 3.08. The van der Waals surface area contributed by atoms with E-state index in [0.29, 0.717) is 0 Å². The van der Waals surface area contributed by atoms with Crippen molar-refractivity contribution in [3.63, 3.8) is 0 Å². The minimum Gasteiger partial charge on any atom is -0.506 e. The normalized spacial score (nSPS) is 11.2. The number of nitrogen functional groups attached to an aromatic ring is 2. The third-order valence-corrected chi connectivity index (χ3v) is 6.56. The van der Waals surface area contributed by atoms with Crippen molar-refractivity contribution in [2.45, 2.75) is 9.79 Å². The Morgan fingerprint density at radius 2 is 1.00 bits per heavy atom. The van der Waals surface area contributed by atoms with Gasteiger partial charge in [-0.25, -0.2) is 8.42 Å². The number of nitrogens with two attached hydrogens (primary N) is 2. The lowest BCUT2D eigenvalue weighted by Gasteiger charge is -2.15. The fourth-order valence-corrected chi connectivity index (χ4v) is 4.58.